The predicted molar refractivity (Wildman–Crippen MR) is 62.8 cm³/mol. The average Bonchev–Trinajstić information content (AvgIpc) is 2.67. The Hall–Kier alpha value is -1.33. The van der Waals surface area contributed by atoms with Gasteiger partial charge < -0.3 is 20.6 Å². The molecule has 94 valence electrons. The number of ether oxygens (including phenoxy) is 1. The number of rotatable bonds is 3. The summed E-state index contributed by atoms with van der Waals surface area (Å²) < 4.78 is 5.39. The van der Waals surface area contributed by atoms with Crippen LogP contribution in [0.25, 0.3) is 0 Å². The molecule has 5 nitrogen and oxygen atoms in total. The van der Waals surface area contributed by atoms with Gasteiger partial charge in [-0.25, -0.2) is 0 Å². The second-order valence-corrected chi connectivity index (χ2v) is 4.68. The molecule has 2 heterocycles. The Balaban J connectivity index is 2.53. The molecule has 0 saturated heterocycles. The number of aromatic amines is 1. The second kappa shape index (κ2) is 4.50. The minimum Gasteiger partial charge on any atom is -0.480 e. The van der Waals surface area contributed by atoms with Gasteiger partial charge in [0.15, 0.2) is 0 Å². The van der Waals surface area contributed by atoms with Crippen molar-refractivity contribution < 1.29 is 14.6 Å². The maximum atomic E-state index is 11.1. The number of nitrogens with one attached hydrogen (secondary N) is 1. The number of H-pyrrole nitrogens is 1. The standard InChI is InChI=1S/C12H18N2O3/c1-6(2)11-9(10(13)12(15)16)7-5-17-4-3-8(7)14-11/h6,10,14H,3-5,13H2,1-2H3,(H,15,16). The van der Waals surface area contributed by atoms with E-state index in [4.69, 9.17) is 15.6 Å². The van der Waals surface area contributed by atoms with Crippen LogP contribution >= 0.6 is 0 Å². The van der Waals surface area contributed by atoms with Crippen molar-refractivity contribution in [2.45, 2.75) is 38.8 Å². The highest BCUT2D eigenvalue weighted by Gasteiger charge is 2.28. The van der Waals surface area contributed by atoms with Gasteiger partial charge in [-0.2, -0.15) is 0 Å². The first-order valence-corrected chi connectivity index (χ1v) is 5.82. The molecule has 17 heavy (non-hydrogen) atoms. The zero-order valence-electron chi connectivity index (χ0n) is 10.1. The molecule has 1 aromatic heterocycles. The highest BCUT2D eigenvalue weighted by Crippen LogP contribution is 2.32. The van der Waals surface area contributed by atoms with E-state index in [0.717, 1.165) is 23.4 Å². The molecule has 0 aliphatic carbocycles. The Morgan fingerprint density at radius 3 is 2.82 bits per heavy atom. The SMILES string of the molecule is CC(C)c1[nH]c2c(c1C(N)C(=O)O)COCC2. The molecule has 0 fully saturated rings. The van der Waals surface area contributed by atoms with Crippen molar-refractivity contribution in [1.29, 1.82) is 0 Å². The smallest absolute Gasteiger partial charge is 0.325 e. The molecule has 1 aliphatic heterocycles. The highest BCUT2D eigenvalue weighted by atomic mass is 16.5. The molecule has 0 bridgehead atoms. The van der Waals surface area contributed by atoms with Crippen LogP contribution in [0.15, 0.2) is 0 Å². The summed E-state index contributed by atoms with van der Waals surface area (Å²) in [6.07, 6.45) is 0.793. The maximum Gasteiger partial charge on any atom is 0.325 e. The fourth-order valence-corrected chi connectivity index (χ4v) is 2.29. The average molecular weight is 238 g/mol. The predicted octanol–water partition coefficient (Wildman–Crippen LogP) is 1.30. The first-order chi connectivity index (χ1) is 8.02. The molecule has 1 unspecified atom stereocenters. The van der Waals surface area contributed by atoms with Crippen LogP contribution in [0.5, 0.6) is 0 Å². The van der Waals surface area contributed by atoms with E-state index >= 15 is 0 Å². The number of aliphatic carboxylic acids is 1. The fourth-order valence-electron chi connectivity index (χ4n) is 2.29. The largest absolute Gasteiger partial charge is 0.480 e. The summed E-state index contributed by atoms with van der Waals surface area (Å²) in [6.45, 7) is 5.17. The van der Waals surface area contributed by atoms with Gasteiger partial charge in [-0.15, -0.1) is 0 Å². The molecule has 0 aromatic carbocycles. The van der Waals surface area contributed by atoms with Crippen molar-refractivity contribution in [3.63, 3.8) is 0 Å². The van der Waals surface area contributed by atoms with E-state index in [2.05, 4.69) is 4.98 Å². The molecule has 1 atom stereocenters. The van der Waals surface area contributed by atoms with Gasteiger partial charge in [-0.1, -0.05) is 13.8 Å². The van der Waals surface area contributed by atoms with Gasteiger partial charge in [0.25, 0.3) is 0 Å². The van der Waals surface area contributed by atoms with Crippen LogP contribution in [-0.2, 0) is 22.6 Å². The summed E-state index contributed by atoms with van der Waals surface area (Å²) in [4.78, 5) is 14.4. The molecular weight excluding hydrogens is 220 g/mol. The van der Waals surface area contributed by atoms with Crippen molar-refractivity contribution in [2.75, 3.05) is 6.61 Å². The van der Waals surface area contributed by atoms with Crippen molar-refractivity contribution >= 4 is 5.97 Å². The molecule has 1 aliphatic rings. The summed E-state index contributed by atoms with van der Waals surface area (Å²) in [6, 6.07) is -0.978. The van der Waals surface area contributed by atoms with E-state index in [0.29, 0.717) is 18.8 Å². The lowest BCUT2D eigenvalue weighted by Crippen LogP contribution is -2.24. The normalized spacial score (nSPS) is 16.9. The lowest BCUT2D eigenvalue weighted by molar-refractivity contribution is -0.138. The number of nitrogens with two attached hydrogens (primary N) is 1. The van der Waals surface area contributed by atoms with Crippen LogP contribution in [0.1, 0.15) is 48.3 Å². The number of carboxylic acid groups (broad SMARTS) is 1. The molecule has 4 N–H and O–H groups in total. The Kier molecular flexibility index (Phi) is 3.22. The molecule has 0 saturated carbocycles. The highest BCUT2D eigenvalue weighted by molar-refractivity contribution is 5.76. The first-order valence-electron chi connectivity index (χ1n) is 5.82. The van der Waals surface area contributed by atoms with Gasteiger partial charge in [0.2, 0.25) is 0 Å². The summed E-state index contributed by atoms with van der Waals surface area (Å²) >= 11 is 0. The van der Waals surface area contributed by atoms with Crippen LogP contribution in [0.3, 0.4) is 0 Å². The van der Waals surface area contributed by atoms with Crippen molar-refractivity contribution in [3.05, 3.63) is 22.5 Å². The van der Waals surface area contributed by atoms with E-state index in [1.54, 1.807) is 0 Å². The number of hydrogen-bond donors (Lipinski definition) is 3. The van der Waals surface area contributed by atoms with E-state index in [-0.39, 0.29) is 5.92 Å². The van der Waals surface area contributed by atoms with Crippen LogP contribution in [0.2, 0.25) is 0 Å². The summed E-state index contributed by atoms with van der Waals surface area (Å²) in [7, 11) is 0. The Morgan fingerprint density at radius 2 is 2.24 bits per heavy atom. The van der Waals surface area contributed by atoms with Gasteiger partial charge in [0.1, 0.15) is 6.04 Å². The Bertz CT molecular complexity index is 437. The zero-order chi connectivity index (χ0) is 12.6. The topological polar surface area (TPSA) is 88.3 Å². The molecular formula is C12H18N2O3. The lowest BCUT2D eigenvalue weighted by atomic mass is 9.96. The van der Waals surface area contributed by atoms with Crippen molar-refractivity contribution in [1.82, 2.24) is 4.98 Å². The third kappa shape index (κ3) is 2.08. The summed E-state index contributed by atoms with van der Waals surface area (Å²) in [5.74, 6) is -0.778. The summed E-state index contributed by atoms with van der Waals surface area (Å²) in [5.41, 5.74) is 9.42. The molecule has 0 amide bonds. The molecule has 1 aromatic rings. The van der Waals surface area contributed by atoms with Gasteiger partial charge in [-0.3, -0.25) is 4.79 Å². The molecule has 0 radical (unpaired) electrons. The van der Waals surface area contributed by atoms with Crippen LogP contribution in [0.4, 0.5) is 0 Å². The monoisotopic (exact) mass is 238 g/mol. The van der Waals surface area contributed by atoms with E-state index in [9.17, 15) is 4.79 Å². The van der Waals surface area contributed by atoms with Gasteiger partial charge >= 0.3 is 5.97 Å². The van der Waals surface area contributed by atoms with Crippen LogP contribution in [-0.4, -0.2) is 22.7 Å². The van der Waals surface area contributed by atoms with Crippen molar-refractivity contribution in [2.24, 2.45) is 5.73 Å². The molecule has 0 spiro atoms. The fraction of sp³-hybridized carbons (Fsp3) is 0.583. The summed E-state index contributed by atoms with van der Waals surface area (Å²) in [5, 5.41) is 9.08. The van der Waals surface area contributed by atoms with Crippen LogP contribution < -0.4 is 5.73 Å². The maximum absolute atomic E-state index is 11.1. The number of fused-ring (bicyclic) bond motifs is 1. The molecule has 5 heteroatoms. The Morgan fingerprint density at radius 1 is 1.53 bits per heavy atom. The molecule has 2 rings (SSSR count). The lowest BCUT2D eigenvalue weighted by Gasteiger charge is -2.16. The Labute approximate surface area is 100.0 Å². The van der Waals surface area contributed by atoms with E-state index < -0.39 is 12.0 Å². The van der Waals surface area contributed by atoms with Gasteiger partial charge in [0.05, 0.1) is 13.2 Å². The minimum absolute atomic E-state index is 0.223. The second-order valence-electron chi connectivity index (χ2n) is 4.68. The number of aromatic nitrogens is 1. The third-order valence-corrected chi connectivity index (χ3v) is 3.16. The van der Waals surface area contributed by atoms with Crippen LogP contribution in [0, 0.1) is 0 Å². The van der Waals surface area contributed by atoms with Crippen molar-refractivity contribution in [3.8, 4) is 0 Å². The minimum atomic E-state index is -1.00. The van der Waals surface area contributed by atoms with Gasteiger partial charge in [-0.05, 0) is 5.92 Å². The first kappa shape index (κ1) is 12.1. The van der Waals surface area contributed by atoms with E-state index in [1.807, 2.05) is 13.8 Å². The van der Waals surface area contributed by atoms with Gasteiger partial charge in [0, 0.05) is 28.9 Å². The number of carboxylic acids is 1. The number of carbonyl (C=O) groups is 1. The third-order valence-electron chi connectivity index (χ3n) is 3.16. The van der Waals surface area contributed by atoms with E-state index in [1.165, 1.54) is 0 Å². The number of hydrogen-bond acceptors (Lipinski definition) is 3. The zero-order valence-corrected chi connectivity index (χ0v) is 10.1. The quantitative estimate of drug-likeness (QED) is 0.740.